The number of carbonyl (C=O) groups excluding carboxylic acids is 1. The van der Waals surface area contributed by atoms with E-state index in [0.29, 0.717) is 0 Å². The van der Waals surface area contributed by atoms with Gasteiger partial charge < -0.3 is 19.7 Å². The summed E-state index contributed by atoms with van der Waals surface area (Å²) < 4.78 is 40.1. The van der Waals surface area contributed by atoms with Gasteiger partial charge >= 0.3 is 5.97 Å². The molecule has 5 atom stereocenters. The molecule has 0 aromatic heterocycles. The lowest BCUT2D eigenvalue weighted by molar-refractivity contribution is -0.158. The quantitative estimate of drug-likeness (QED) is 0.364. The third-order valence-electron chi connectivity index (χ3n) is 4.40. The summed E-state index contributed by atoms with van der Waals surface area (Å²) in [5.74, 6) is -0.782. The Morgan fingerprint density at radius 1 is 1.43 bits per heavy atom. The van der Waals surface area contributed by atoms with Crippen molar-refractivity contribution in [1.82, 2.24) is 0 Å². The van der Waals surface area contributed by atoms with E-state index >= 15 is 0 Å². The number of fused-ring (bicyclic) bond motifs is 1. The number of aliphatic hydroxyl groups excluding tert-OH is 2. The minimum Gasteiger partial charge on any atom is -0.454 e. The molecule has 2 N–H and O–H groups in total. The monoisotopic (exact) mass is 320 g/mol. The molecule has 3 aliphatic rings. The van der Waals surface area contributed by atoms with Crippen LogP contribution in [-0.2, 0) is 28.6 Å². The zero-order valence-corrected chi connectivity index (χ0v) is 12.1. The van der Waals surface area contributed by atoms with Gasteiger partial charge in [-0.1, -0.05) is 6.58 Å². The van der Waals surface area contributed by atoms with Gasteiger partial charge in [0, 0.05) is 12.0 Å². The van der Waals surface area contributed by atoms with E-state index < -0.39 is 58.0 Å². The fourth-order valence-electron chi connectivity index (χ4n) is 3.45. The first-order valence-electron chi connectivity index (χ1n) is 6.43. The summed E-state index contributed by atoms with van der Waals surface area (Å²) >= 11 is 0. The minimum atomic E-state index is -4.07. The molecule has 0 amide bonds. The maximum Gasteiger partial charge on any atom is 0.333 e. The van der Waals surface area contributed by atoms with Crippen LogP contribution in [-0.4, -0.2) is 66.5 Å². The van der Waals surface area contributed by atoms with Crippen LogP contribution in [0, 0.1) is 0 Å². The molecular weight excluding hydrogens is 304 g/mol. The summed E-state index contributed by atoms with van der Waals surface area (Å²) in [6.07, 6.45) is -2.11. The van der Waals surface area contributed by atoms with Crippen molar-refractivity contribution < 1.29 is 37.1 Å². The highest BCUT2D eigenvalue weighted by Gasteiger charge is 2.81. The van der Waals surface area contributed by atoms with E-state index in [2.05, 4.69) is 6.58 Å². The minimum absolute atomic E-state index is 0.0218. The van der Waals surface area contributed by atoms with Gasteiger partial charge in [-0.05, 0) is 6.92 Å². The number of esters is 1. The van der Waals surface area contributed by atoms with Gasteiger partial charge in [0.25, 0.3) is 10.1 Å². The number of rotatable bonds is 4. The van der Waals surface area contributed by atoms with Gasteiger partial charge in [0.05, 0.1) is 13.2 Å². The van der Waals surface area contributed by atoms with Crippen LogP contribution in [0.4, 0.5) is 0 Å². The number of carbonyl (C=O) groups is 1. The van der Waals surface area contributed by atoms with Gasteiger partial charge in [0.1, 0.15) is 17.3 Å². The lowest BCUT2D eigenvalue weighted by atomic mass is 9.78. The first-order valence-corrected chi connectivity index (χ1v) is 7.90. The van der Waals surface area contributed by atoms with Crippen LogP contribution < -0.4 is 0 Å². The predicted molar refractivity (Wildman–Crippen MR) is 67.6 cm³/mol. The molecule has 3 heterocycles. The molecule has 9 heteroatoms. The molecular formula is C12H16O8S. The van der Waals surface area contributed by atoms with Crippen LogP contribution >= 0.6 is 0 Å². The van der Waals surface area contributed by atoms with Crippen LogP contribution in [0.25, 0.3) is 0 Å². The lowest BCUT2D eigenvalue weighted by Crippen LogP contribution is -2.56. The Kier molecular flexibility index (Phi) is 3.03. The maximum absolute atomic E-state index is 12.2. The van der Waals surface area contributed by atoms with E-state index in [9.17, 15) is 23.4 Å². The molecule has 0 aromatic rings. The van der Waals surface area contributed by atoms with Crippen molar-refractivity contribution in [2.75, 3.05) is 13.2 Å². The average Bonchev–Trinajstić information content (AvgIpc) is 2.91. The first kappa shape index (κ1) is 14.9. The van der Waals surface area contributed by atoms with Gasteiger partial charge in [0.15, 0.2) is 11.4 Å². The lowest BCUT2D eigenvalue weighted by Gasteiger charge is -2.32. The van der Waals surface area contributed by atoms with Crippen LogP contribution in [0.3, 0.4) is 0 Å². The van der Waals surface area contributed by atoms with Gasteiger partial charge in [-0.2, -0.15) is 8.42 Å². The molecule has 0 aliphatic carbocycles. The molecule has 3 rings (SSSR count). The number of aliphatic hydroxyl groups is 2. The fraction of sp³-hybridized carbons (Fsp3) is 0.750. The van der Waals surface area contributed by atoms with Crippen LogP contribution in [0.1, 0.15) is 13.3 Å². The van der Waals surface area contributed by atoms with E-state index in [1.807, 2.05) is 0 Å². The van der Waals surface area contributed by atoms with E-state index in [0.717, 1.165) is 0 Å². The van der Waals surface area contributed by atoms with Gasteiger partial charge in [0.2, 0.25) is 0 Å². The normalized spacial score (nSPS) is 45.8. The Bertz CT molecular complexity index is 613. The molecule has 3 aliphatic heterocycles. The third kappa shape index (κ3) is 1.69. The van der Waals surface area contributed by atoms with E-state index in [1.165, 1.54) is 6.92 Å². The first-order chi connectivity index (χ1) is 9.72. The number of ether oxygens (including phenoxy) is 2. The van der Waals surface area contributed by atoms with Crippen molar-refractivity contribution in [1.29, 1.82) is 0 Å². The van der Waals surface area contributed by atoms with Crippen molar-refractivity contribution in [3.05, 3.63) is 12.2 Å². The Labute approximate surface area is 121 Å². The summed E-state index contributed by atoms with van der Waals surface area (Å²) in [4.78, 5) is 11.8. The van der Waals surface area contributed by atoms with E-state index in [4.69, 9.17) is 13.7 Å². The molecule has 2 bridgehead atoms. The van der Waals surface area contributed by atoms with Crippen molar-refractivity contribution in [3.63, 3.8) is 0 Å². The molecule has 21 heavy (non-hydrogen) atoms. The van der Waals surface area contributed by atoms with Crippen molar-refractivity contribution in [2.45, 2.75) is 42.0 Å². The number of hydrogen-bond donors (Lipinski definition) is 2. The van der Waals surface area contributed by atoms with Gasteiger partial charge in [-0.3, -0.25) is 4.18 Å². The molecule has 118 valence electrons. The van der Waals surface area contributed by atoms with Crippen LogP contribution in [0.15, 0.2) is 12.2 Å². The van der Waals surface area contributed by atoms with Crippen molar-refractivity contribution in [2.24, 2.45) is 0 Å². The fourth-order valence-corrected chi connectivity index (χ4v) is 5.49. The molecule has 0 aromatic carbocycles. The third-order valence-corrected chi connectivity index (χ3v) is 6.17. The summed E-state index contributed by atoms with van der Waals surface area (Å²) in [6.45, 7) is 3.70. The second kappa shape index (κ2) is 4.26. The van der Waals surface area contributed by atoms with Crippen LogP contribution in [0.5, 0.6) is 0 Å². The number of hydrogen-bond acceptors (Lipinski definition) is 8. The Morgan fingerprint density at radius 3 is 2.62 bits per heavy atom. The van der Waals surface area contributed by atoms with Gasteiger partial charge in [-0.15, -0.1) is 0 Å². The zero-order chi connectivity index (χ0) is 15.6. The highest BCUT2D eigenvalue weighted by molar-refractivity contribution is 7.87. The summed E-state index contributed by atoms with van der Waals surface area (Å²) in [6, 6.07) is 0. The molecule has 0 spiro atoms. The summed E-state index contributed by atoms with van der Waals surface area (Å²) in [7, 11) is -4.07. The molecule has 3 saturated heterocycles. The van der Waals surface area contributed by atoms with Gasteiger partial charge in [-0.25, -0.2) is 4.79 Å². The second-order valence-electron chi connectivity index (χ2n) is 5.75. The maximum atomic E-state index is 12.2. The van der Waals surface area contributed by atoms with Crippen molar-refractivity contribution >= 4 is 16.1 Å². The standard InChI is InChI=1S/C12H16O8S/c1-6(2)10(15)18-8-9-12(5-14)7(19-21(9,16)17)3-11(8,4-13)20-12/h7-9,13-14H,1,3-5H2,2H3. The smallest absolute Gasteiger partial charge is 0.333 e. The van der Waals surface area contributed by atoms with Crippen LogP contribution in [0.2, 0.25) is 0 Å². The topological polar surface area (TPSA) is 119 Å². The predicted octanol–water partition coefficient (Wildman–Crippen LogP) is -1.53. The molecule has 3 fully saturated rings. The molecule has 8 nitrogen and oxygen atoms in total. The second-order valence-corrected chi connectivity index (χ2v) is 7.43. The summed E-state index contributed by atoms with van der Waals surface area (Å²) in [5.41, 5.74) is -2.79. The molecule has 0 radical (unpaired) electrons. The highest BCUT2D eigenvalue weighted by atomic mass is 32.2. The zero-order valence-electron chi connectivity index (χ0n) is 11.3. The Balaban J connectivity index is 2.07. The highest BCUT2D eigenvalue weighted by Crippen LogP contribution is 2.59. The average molecular weight is 320 g/mol. The summed E-state index contributed by atoms with van der Waals surface area (Å²) in [5, 5.41) is 17.9. The SMILES string of the molecule is C=C(C)C(=O)OC1C2C3(CO)OC1(CO)CC3OS2(=O)=O. The Morgan fingerprint density at radius 2 is 2.10 bits per heavy atom. The molecule has 5 unspecified atom stereocenters. The van der Waals surface area contributed by atoms with Crippen molar-refractivity contribution in [3.8, 4) is 0 Å². The Hall–Kier alpha value is -1.00. The van der Waals surface area contributed by atoms with E-state index in [1.54, 1.807) is 0 Å². The largest absolute Gasteiger partial charge is 0.454 e. The molecule has 0 saturated carbocycles. The van der Waals surface area contributed by atoms with E-state index in [-0.39, 0.29) is 12.0 Å².